The van der Waals surface area contributed by atoms with Crippen LogP contribution in [0, 0.1) is 0 Å². The minimum absolute atomic E-state index is 0.0655. The van der Waals surface area contributed by atoms with E-state index in [2.05, 4.69) is 20.1 Å². The number of β-amino-alcohol motifs (C(OH)–C–C–N with tert-alkyl or cyclic N) is 1. The molecule has 35 heavy (non-hydrogen) atoms. The number of nitrogens with zero attached hydrogens (tertiary/aromatic N) is 4. The molecule has 1 aromatic carbocycles. The number of H-pyrrole nitrogens is 1. The second-order valence-electron chi connectivity index (χ2n) is 9.23. The summed E-state index contributed by atoms with van der Waals surface area (Å²) < 4.78 is 11.8. The summed E-state index contributed by atoms with van der Waals surface area (Å²) in [4.78, 5) is 20.6. The number of ether oxygens (including phenoxy) is 1. The van der Waals surface area contributed by atoms with E-state index < -0.39 is 6.10 Å². The van der Waals surface area contributed by atoms with Crippen molar-refractivity contribution in [2.24, 2.45) is 0 Å². The van der Waals surface area contributed by atoms with Crippen molar-refractivity contribution in [3.05, 3.63) is 60.6 Å². The number of benzene rings is 1. The number of hydrogen-bond donors (Lipinski definition) is 2. The number of fused-ring (bicyclic) bond motifs is 1. The molecule has 0 spiro atoms. The number of carbonyl (C=O) groups is 1. The van der Waals surface area contributed by atoms with Crippen LogP contribution in [0.3, 0.4) is 0 Å². The molecule has 2 aliphatic rings. The number of amides is 1. The Morgan fingerprint density at radius 2 is 2.14 bits per heavy atom. The Balaban J connectivity index is 1.10. The summed E-state index contributed by atoms with van der Waals surface area (Å²) in [5.74, 6) is 1.31. The topological polar surface area (TPSA) is 108 Å². The summed E-state index contributed by atoms with van der Waals surface area (Å²) in [5, 5.41) is 18.6. The van der Waals surface area contributed by atoms with Crippen LogP contribution in [0.15, 0.2) is 59.5 Å². The van der Waals surface area contributed by atoms with E-state index in [9.17, 15) is 9.90 Å². The van der Waals surface area contributed by atoms with Crippen molar-refractivity contribution in [3.63, 3.8) is 0 Å². The lowest BCUT2D eigenvalue weighted by molar-refractivity contribution is -0.134. The Kier molecular flexibility index (Phi) is 5.71. The van der Waals surface area contributed by atoms with Gasteiger partial charge in [0.1, 0.15) is 11.3 Å². The first-order valence-corrected chi connectivity index (χ1v) is 12.0. The third kappa shape index (κ3) is 4.40. The number of aliphatic hydroxyl groups excluding tert-OH is 1. The maximum atomic E-state index is 12.1. The summed E-state index contributed by atoms with van der Waals surface area (Å²) in [6.07, 6.45) is 6.96. The van der Waals surface area contributed by atoms with E-state index in [1.165, 1.54) is 0 Å². The first-order chi connectivity index (χ1) is 17.1. The molecule has 2 fully saturated rings. The summed E-state index contributed by atoms with van der Waals surface area (Å²) in [5.41, 5.74) is 3.64. The number of rotatable bonds is 6. The SMILES string of the molecule is O=C1CCCN1C1CCN(Cc2coc3cc(Oc4ccc(-c5ccn[nH]5)cn4)ccc23)C[C@H]1O. The van der Waals surface area contributed by atoms with Crippen molar-refractivity contribution in [1.82, 2.24) is 25.0 Å². The van der Waals surface area contributed by atoms with E-state index >= 15 is 0 Å². The van der Waals surface area contributed by atoms with Crippen molar-refractivity contribution >= 4 is 16.9 Å². The molecule has 180 valence electrons. The van der Waals surface area contributed by atoms with Crippen molar-refractivity contribution < 1.29 is 19.1 Å². The Labute approximate surface area is 202 Å². The molecule has 6 rings (SSSR count). The highest BCUT2D eigenvalue weighted by Gasteiger charge is 2.36. The number of aromatic nitrogens is 3. The van der Waals surface area contributed by atoms with Gasteiger partial charge in [-0.05, 0) is 37.1 Å². The molecule has 0 bridgehead atoms. The third-order valence-corrected chi connectivity index (χ3v) is 6.93. The number of aliphatic hydroxyl groups is 1. The van der Waals surface area contributed by atoms with Gasteiger partial charge in [0.2, 0.25) is 11.8 Å². The highest BCUT2D eigenvalue weighted by molar-refractivity contribution is 5.82. The quantitative estimate of drug-likeness (QED) is 0.441. The van der Waals surface area contributed by atoms with Gasteiger partial charge < -0.3 is 19.2 Å². The molecular weight excluding hydrogens is 446 g/mol. The Hall–Kier alpha value is -3.69. The third-order valence-electron chi connectivity index (χ3n) is 6.93. The zero-order valence-corrected chi connectivity index (χ0v) is 19.3. The van der Waals surface area contributed by atoms with Crippen LogP contribution in [0.5, 0.6) is 11.6 Å². The van der Waals surface area contributed by atoms with Crippen LogP contribution in [-0.2, 0) is 11.3 Å². The Bertz CT molecular complexity index is 1320. The maximum Gasteiger partial charge on any atom is 0.222 e. The summed E-state index contributed by atoms with van der Waals surface area (Å²) in [7, 11) is 0. The van der Waals surface area contributed by atoms with E-state index in [4.69, 9.17) is 9.15 Å². The minimum Gasteiger partial charge on any atom is -0.464 e. The monoisotopic (exact) mass is 473 g/mol. The molecule has 0 saturated carbocycles. The van der Waals surface area contributed by atoms with Gasteiger partial charge >= 0.3 is 0 Å². The lowest BCUT2D eigenvalue weighted by Crippen LogP contribution is -2.54. The summed E-state index contributed by atoms with van der Waals surface area (Å²) in [6.45, 7) is 2.82. The minimum atomic E-state index is -0.531. The number of pyridine rings is 1. The molecule has 0 aliphatic carbocycles. The van der Waals surface area contributed by atoms with Gasteiger partial charge in [-0.2, -0.15) is 5.10 Å². The van der Waals surface area contributed by atoms with Gasteiger partial charge in [0.15, 0.2) is 0 Å². The van der Waals surface area contributed by atoms with Gasteiger partial charge in [0.05, 0.1) is 24.1 Å². The fourth-order valence-corrected chi connectivity index (χ4v) is 5.14. The fourth-order valence-electron chi connectivity index (χ4n) is 5.14. The molecule has 9 nitrogen and oxygen atoms in total. The van der Waals surface area contributed by atoms with E-state index in [0.29, 0.717) is 31.1 Å². The van der Waals surface area contributed by atoms with Crippen LogP contribution in [0.2, 0.25) is 0 Å². The van der Waals surface area contributed by atoms with Crippen molar-refractivity contribution in [1.29, 1.82) is 0 Å². The highest BCUT2D eigenvalue weighted by atomic mass is 16.5. The van der Waals surface area contributed by atoms with Gasteiger partial charge in [-0.1, -0.05) is 0 Å². The normalized spacial score (nSPS) is 21.2. The molecule has 4 aromatic rings. The summed E-state index contributed by atoms with van der Waals surface area (Å²) >= 11 is 0. The van der Waals surface area contributed by atoms with E-state index in [-0.39, 0.29) is 11.9 Å². The lowest BCUT2D eigenvalue weighted by Gasteiger charge is -2.40. The van der Waals surface area contributed by atoms with Crippen molar-refractivity contribution in [2.45, 2.75) is 38.0 Å². The van der Waals surface area contributed by atoms with Gasteiger partial charge in [0.25, 0.3) is 0 Å². The number of aromatic amines is 1. The number of furan rings is 1. The second kappa shape index (κ2) is 9.16. The molecular formula is C26H27N5O4. The molecule has 1 amide bonds. The number of likely N-dealkylation sites (tertiary alicyclic amines) is 2. The molecule has 2 atom stereocenters. The molecule has 2 N–H and O–H groups in total. The van der Waals surface area contributed by atoms with Crippen LogP contribution >= 0.6 is 0 Å². The zero-order chi connectivity index (χ0) is 23.8. The van der Waals surface area contributed by atoms with Crippen LogP contribution in [0.1, 0.15) is 24.8 Å². The number of nitrogens with one attached hydrogen (secondary N) is 1. The van der Waals surface area contributed by atoms with Crippen LogP contribution < -0.4 is 4.74 Å². The standard InChI is InChI=1S/C26H27N5O4/c32-23-15-30(11-8-22(23)31-10-1-2-26(31)33)14-18-16-34-24-12-19(4-5-20(18)24)35-25-6-3-17(13-27-25)21-7-9-28-29-21/h3-7,9,12-13,16,22-23,32H,1-2,8,10-11,14-15H2,(H,28,29)/t22?,23-/m1/s1. The van der Waals surface area contributed by atoms with E-state index in [1.807, 2.05) is 41.3 Å². The lowest BCUT2D eigenvalue weighted by atomic mass is 9.99. The summed E-state index contributed by atoms with van der Waals surface area (Å²) in [6, 6.07) is 11.3. The number of piperidine rings is 1. The smallest absolute Gasteiger partial charge is 0.222 e. The second-order valence-corrected chi connectivity index (χ2v) is 9.23. The highest BCUT2D eigenvalue weighted by Crippen LogP contribution is 2.30. The number of carbonyl (C=O) groups excluding carboxylic acids is 1. The predicted octanol–water partition coefficient (Wildman–Crippen LogP) is 3.57. The van der Waals surface area contributed by atoms with Crippen LogP contribution in [-0.4, -0.2) is 67.8 Å². The van der Waals surface area contributed by atoms with Crippen LogP contribution in [0.4, 0.5) is 0 Å². The van der Waals surface area contributed by atoms with Crippen LogP contribution in [0.25, 0.3) is 22.2 Å². The van der Waals surface area contributed by atoms with Gasteiger partial charge in [0, 0.05) is 73.6 Å². The Morgan fingerprint density at radius 3 is 2.89 bits per heavy atom. The molecule has 1 unspecified atom stereocenters. The Morgan fingerprint density at radius 1 is 1.20 bits per heavy atom. The van der Waals surface area contributed by atoms with E-state index in [0.717, 1.165) is 53.7 Å². The zero-order valence-electron chi connectivity index (χ0n) is 19.3. The first kappa shape index (κ1) is 21.8. The van der Waals surface area contributed by atoms with E-state index in [1.54, 1.807) is 18.7 Å². The van der Waals surface area contributed by atoms with Gasteiger partial charge in [-0.25, -0.2) is 4.98 Å². The first-order valence-electron chi connectivity index (χ1n) is 12.0. The van der Waals surface area contributed by atoms with Crippen molar-refractivity contribution in [3.8, 4) is 22.9 Å². The predicted molar refractivity (Wildman–Crippen MR) is 129 cm³/mol. The molecule has 2 aliphatic heterocycles. The largest absolute Gasteiger partial charge is 0.464 e. The van der Waals surface area contributed by atoms with Gasteiger partial charge in [-0.15, -0.1) is 0 Å². The molecule has 9 heteroatoms. The fraction of sp³-hybridized carbons (Fsp3) is 0.346. The maximum absolute atomic E-state index is 12.1. The number of hydrogen-bond acceptors (Lipinski definition) is 7. The average Bonchev–Trinajstić information content (AvgIpc) is 3.62. The van der Waals surface area contributed by atoms with Crippen molar-refractivity contribution in [2.75, 3.05) is 19.6 Å². The van der Waals surface area contributed by atoms with Gasteiger partial charge in [-0.3, -0.25) is 14.8 Å². The molecule has 2 saturated heterocycles. The molecule has 0 radical (unpaired) electrons. The molecule has 3 aromatic heterocycles. The molecule has 5 heterocycles. The average molecular weight is 474 g/mol.